The van der Waals surface area contributed by atoms with Crippen molar-refractivity contribution in [2.45, 2.75) is 0 Å². The number of fused-ring (bicyclic) bond motifs is 11. The van der Waals surface area contributed by atoms with Crippen LogP contribution in [0.1, 0.15) is 0 Å². The van der Waals surface area contributed by atoms with Gasteiger partial charge in [-0.2, -0.15) is 0 Å². The van der Waals surface area contributed by atoms with E-state index in [1.165, 1.54) is 21.5 Å². The number of hydrogen-bond acceptors (Lipinski definition) is 5. The summed E-state index contributed by atoms with van der Waals surface area (Å²) in [6, 6.07) is 63.3. The zero-order chi connectivity index (χ0) is 38.6. The van der Waals surface area contributed by atoms with Crippen LogP contribution in [0.4, 0.5) is 0 Å². The number of hydrogen-bond donors (Lipinski definition) is 0. The van der Waals surface area contributed by atoms with E-state index in [0.717, 1.165) is 88.1 Å². The van der Waals surface area contributed by atoms with Crippen LogP contribution in [0.5, 0.6) is 0 Å². The molecular formula is C53H30N4O2. The lowest BCUT2D eigenvalue weighted by Crippen LogP contribution is -2.02. The van der Waals surface area contributed by atoms with Crippen molar-refractivity contribution in [2.75, 3.05) is 0 Å². The molecule has 0 amide bonds. The molecule has 0 unspecified atom stereocenters. The van der Waals surface area contributed by atoms with Gasteiger partial charge in [0.25, 0.3) is 0 Å². The third kappa shape index (κ3) is 4.84. The molecule has 0 fully saturated rings. The second-order valence-electron chi connectivity index (χ2n) is 15.2. The molecule has 4 aromatic heterocycles. The Kier molecular flexibility index (Phi) is 6.63. The lowest BCUT2D eigenvalue weighted by Gasteiger charge is -2.14. The number of para-hydroxylation sites is 3. The molecule has 0 radical (unpaired) electrons. The van der Waals surface area contributed by atoms with E-state index in [2.05, 4.69) is 150 Å². The monoisotopic (exact) mass is 754 g/mol. The van der Waals surface area contributed by atoms with E-state index in [0.29, 0.717) is 17.5 Å². The number of benzene rings is 9. The summed E-state index contributed by atoms with van der Waals surface area (Å²) in [5, 5.41) is 11.1. The van der Waals surface area contributed by atoms with E-state index in [-0.39, 0.29) is 0 Å². The third-order valence-corrected chi connectivity index (χ3v) is 11.8. The average Bonchev–Trinajstić information content (AvgIpc) is 3.96. The van der Waals surface area contributed by atoms with Crippen molar-refractivity contribution < 1.29 is 8.83 Å². The zero-order valence-electron chi connectivity index (χ0n) is 31.4. The van der Waals surface area contributed by atoms with Gasteiger partial charge in [0.1, 0.15) is 22.3 Å². The molecule has 4 heterocycles. The summed E-state index contributed by atoms with van der Waals surface area (Å²) in [5.41, 5.74) is 8.97. The normalized spacial score (nSPS) is 12.1. The van der Waals surface area contributed by atoms with Gasteiger partial charge in [-0.3, -0.25) is 0 Å². The summed E-state index contributed by atoms with van der Waals surface area (Å²) in [6.07, 6.45) is 0. The highest BCUT2D eigenvalue weighted by Gasteiger charge is 2.22. The van der Waals surface area contributed by atoms with Crippen LogP contribution >= 0.6 is 0 Å². The van der Waals surface area contributed by atoms with Crippen LogP contribution in [0.2, 0.25) is 0 Å². The van der Waals surface area contributed by atoms with Gasteiger partial charge in [0.15, 0.2) is 17.5 Å². The van der Waals surface area contributed by atoms with Crippen molar-refractivity contribution in [3.05, 3.63) is 182 Å². The molecule has 274 valence electrons. The van der Waals surface area contributed by atoms with E-state index in [9.17, 15) is 0 Å². The maximum atomic E-state index is 6.72. The smallest absolute Gasteiger partial charge is 0.164 e. The topological polar surface area (TPSA) is 69.9 Å². The van der Waals surface area contributed by atoms with Crippen molar-refractivity contribution in [1.29, 1.82) is 0 Å². The predicted molar refractivity (Wildman–Crippen MR) is 240 cm³/mol. The molecular weight excluding hydrogens is 725 g/mol. The van der Waals surface area contributed by atoms with Crippen LogP contribution in [0, 0.1) is 0 Å². The molecule has 0 aliphatic carbocycles. The van der Waals surface area contributed by atoms with Crippen molar-refractivity contribution in [2.24, 2.45) is 0 Å². The standard InChI is InChI=1S/C53H30N4O2/c1-2-14-33-27-44-42(26-32(33)13-1)37-17-5-8-21-43(37)57(44)45-28-35(30-49-50(45)41-19-7-10-23-47(41)59-49)52-54-51(34-24-25-39-38-18-6-9-22-46(38)58-48(39)29-34)55-53(56-52)40-20-11-15-31-12-3-4-16-36(31)40/h1-30H. The minimum atomic E-state index is 0.539. The van der Waals surface area contributed by atoms with Crippen LogP contribution in [0.25, 0.3) is 127 Å². The van der Waals surface area contributed by atoms with Gasteiger partial charge >= 0.3 is 0 Å². The summed E-state index contributed by atoms with van der Waals surface area (Å²) in [6.45, 7) is 0. The summed E-state index contributed by atoms with van der Waals surface area (Å²) in [5.74, 6) is 1.67. The number of rotatable bonds is 4. The van der Waals surface area contributed by atoms with E-state index < -0.39 is 0 Å². The SMILES string of the molecule is c1ccc2cc3c(cc2c1)c1ccccc1n3-c1cc(-c2nc(-c3ccc4c(c3)oc3ccccc34)nc(-c3cccc4ccccc34)n2)cc2oc3ccccc3c12. The van der Waals surface area contributed by atoms with Crippen LogP contribution < -0.4 is 0 Å². The number of nitrogens with zero attached hydrogens (tertiary/aromatic N) is 4. The lowest BCUT2D eigenvalue weighted by molar-refractivity contribution is 0.668. The van der Waals surface area contributed by atoms with Crippen molar-refractivity contribution in [1.82, 2.24) is 19.5 Å². The van der Waals surface area contributed by atoms with E-state index >= 15 is 0 Å². The fraction of sp³-hybridized carbons (Fsp3) is 0. The average molecular weight is 755 g/mol. The minimum absolute atomic E-state index is 0.539. The Morgan fingerprint density at radius 2 is 0.932 bits per heavy atom. The maximum Gasteiger partial charge on any atom is 0.164 e. The first-order valence-corrected chi connectivity index (χ1v) is 19.8. The molecule has 0 saturated heterocycles. The first kappa shape index (κ1) is 32.0. The molecule has 0 atom stereocenters. The molecule has 59 heavy (non-hydrogen) atoms. The first-order chi connectivity index (χ1) is 29.2. The van der Waals surface area contributed by atoms with Gasteiger partial charge in [-0.15, -0.1) is 0 Å². The summed E-state index contributed by atoms with van der Waals surface area (Å²) < 4.78 is 15.4. The van der Waals surface area contributed by atoms with Gasteiger partial charge in [0, 0.05) is 43.6 Å². The molecule has 0 bridgehead atoms. The molecule has 13 aromatic rings. The van der Waals surface area contributed by atoms with E-state index in [1.54, 1.807) is 0 Å². The Hall–Kier alpha value is -8.09. The molecule has 6 heteroatoms. The Morgan fingerprint density at radius 3 is 1.78 bits per heavy atom. The fourth-order valence-corrected chi connectivity index (χ4v) is 9.09. The summed E-state index contributed by atoms with van der Waals surface area (Å²) >= 11 is 0. The quantitative estimate of drug-likeness (QED) is 0.179. The fourth-order valence-electron chi connectivity index (χ4n) is 9.09. The molecule has 0 spiro atoms. The highest BCUT2D eigenvalue weighted by molar-refractivity contribution is 6.17. The number of furan rings is 2. The minimum Gasteiger partial charge on any atom is -0.456 e. The van der Waals surface area contributed by atoms with Gasteiger partial charge in [-0.25, -0.2) is 15.0 Å². The summed E-state index contributed by atoms with van der Waals surface area (Å²) in [7, 11) is 0. The van der Waals surface area contributed by atoms with Gasteiger partial charge in [-0.05, 0) is 76.1 Å². The maximum absolute atomic E-state index is 6.72. The zero-order valence-corrected chi connectivity index (χ0v) is 31.4. The van der Waals surface area contributed by atoms with Crippen LogP contribution in [-0.4, -0.2) is 19.5 Å². The molecule has 0 saturated carbocycles. The van der Waals surface area contributed by atoms with Crippen LogP contribution in [0.15, 0.2) is 191 Å². The third-order valence-electron chi connectivity index (χ3n) is 11.8. The van der Waals surface area contributed by atoms with Crippen molar-refractivity contribution in [3.8, 4) is 39.9 Å². The van der Waals surface area contributed by atoms with Gasteiger partial charge < -0.3 is 13.4 Å². The molecule has 0 N–H and O–H groups in total. The Morgan fingerprint density at radius 1 is 0.339 bits per heavy atom. The first-order valence-electron chi connectivity index (χ1n) is 19.8. The largest absolute Gasteiger partial charge is 0.456 e. The Balaban J connectivity index is 1.12. The van der Waals surface area contributed by atoms with Crippen LogP contribution in [-0.2, 0) is 0 Å². The molecule has 13 rings (SSSR count). The number of aromatic nitrogens is 4. The predicted octanol–water partition coefficient (Wildman–Crippen LogP) is 14.1. The summed E-state index contributed by atoms with van der Waals surface area (Å²) in [4.78, 5) is 15.8. The molecule has 6 nitrogen and oxygen atoms in total. The van der Waals surface area contributed by atoms with Crippen LogP contribution in [0.3, 0.4) is 0 Å². The highest BCUT2D eigenvalue weighted by atomic mass is 16.3. The van der Waals surface area contributed by atoms with E-state index in [4.69, 9.17) is 23.8 Å². The van der Waals surface area contributed by atoms with E-state index in [1.807, 2.05) is 36.4 Å². The second-order valence-corrected chi connectivity index (χ2v) is 15.2. The Bertz CT molecular complexity index is 3870. The van der Waals surface area contributed by atoms with Gasteiger partial charge in [0.05, 0.1) is 22.1 Å². The van der Waals surface area contributed by atoms with Gasteiger partial charge in [0.2, 0.25) is 0 Å². The molecule has 9 aromatic carbocycles. The van der Waals surface area contributed by atoms with Gasteiger partial charge in [-0.1, -0.05) is 127 Å². The lowest BCUT2D eigenvalue weighted by atomic mass is 10.0. The molecule has 0 aliphatic rings. The van der Waals surface area contributed by atoms with Crippen molar-refractivity contribution in [3.63, 3.8) is 0 Å². The molecule has 0 aliphatic heterocycles. The highest BCUT2D eigenvalue weighted by Crippen LogP contribution is 2.42. The second kappa shape index (κ2) is 12.2. The van der Waals surface area contributed by atoms with Crippen molar-refractivity contribution >= 4 is 87.2 Å². The Labute approximate surface area is 336 Å².